The third-order valence-electron chi connectivity index (χ3n) is 3.40. The molecule has 3 nitrogen and oxygen atoms in total. The molecule has 0 aliphatic heterocycles. The van der Waals surface area contributed by atoms with Gasteiger partial charge in [-0.25, -0.2) is 0 Å². The van der Waals surface area contributed by atoms with Crippen molar-refractivity contribution in [2.45, 2.75) is 13.0 Å². The fourth-order valence-corrected chi connectivity index (χ4v) is 2.32. The summed E-state index contributed by atoms with van der Waals surface area (Å²) in [5.74, 6) is 0. The number of fused-ring (bicyclic) bond motifs is 1. The van der Waals surface area contributed by atoms with Crippen molar-refractivity contribution in [2.24, 2.45) is 0 Å². The van der Waals surface area contributed by atoms with Gasteiger partial charge in [-0.2, -0.15) is 5.26 Å². The van der Waals surface area contributed by atoms with Gasteiger partial charge in [0.25, 0.3) is 0 Å². The fourth-order valence-electron chi connectivity index (χ4n) is 2.32. The Hall–Kier alpha value is -2.86. The lowest BCUT2D eigenvalue weighted by Crippen LogP contribution is -2.08. The molecule has 3 aromatic rings. The average Bonchev–Trinajstić information content (AvgIpc) is 2.53. The Morgan fingerprint density at radius 3 is 2.62 bits per heavy atom. The number of hydrogen-bond donors (Lipinski definition) is 1. The number of pyridine rings is 1. The van der Waals surface area contributed by atoms with Crippen LogP contribution in [0.2, 0.25) is 0 Å². The van der Waals surface area contributed by atoms with Crippen LogP contribution in [0.5, 0.6) is 0 Å². The number of nitrogens with one attached hydrogen (secondary N) is 1. The minimum Gasteiger partial charge on any atom is -0.366 e. The van der Waals surface area contributed by atoms with E-state index in [2.05, 4.69) is 16.4 Å². The van der Waals surface area contributed by atoms with Crippen LogP contribution < -0.4 is 5.32 Å². The first-order valence-corrected chi connectivity index (χ1v) is 6.85. The molecule has 0 bridgehead atoms. The molecule has 1 heterocycles. The molecule has 3 rings (SSSR count). The minimum absolute atomic E-state index is 0.377. The van der Waals surface area contributed by atoms with Crippen molar-refractivity contribution in [2.75, 3.05) is 5.32 Å². The second-order valence-corrected chi connectivity index (χ2v) is 4.98. The monoisotopic (exact) mass is 273 g/mol. The summed E-state index contributed by atoms with van der Waals surface area (Å²) in [5, 5.41) is 13.7. The van der Waals surface area contributed by atoms with Gasteiger partial charge >= 0.3 is 0 Å². The molecule has 2 aromatic carbocycles. The third kappa shape index (κ3) is 2.85. The maximum Gasteiger partial charge on any atom is 0.140 e. The minimum atomic E-state index is -0.377. The number of aryl methyl sites for hydroxylation is 1. The van der Waals surface area contributed by atoms with Gasteiger partial charge in [0.1, 0.15) is 6.04 Å². The highest BCUT2D eigenvalue weighted by Crippen LogP contribution is 2.22. The lowest BCUT2D eigenvalue weighted by molar-refractivity contribution is 1.00. The summed E-state index contributed by atoms with van der Waals surface area (Å²) in [4.78, 5) is 4.48. The van der Waals surface area contributed by atoms with Crippen LogP contribution in [0.25, 0.3) is 10.9 Å². The summed E-state index contributed by atoms with van der Waals surface area (Å²) in [6.07, 6.45) is 0. The van der Waals surface area contributed by atoms with Crippen molar-refractivity contribution in [3.63, 3.8) is 0 Å². The number of para-hydroxylation sites is 1. The van der Waals surface area contributed by atoms with Crippen molar-refractivity contribution in [3.05, 3.63) is 71.9 Å². The molecule has 0 saturated heterocycles. The van der Waals surface area contributed by atoms with Crippen LogP contribution in [0.1, 0.15) is 17.3 Å². The Morgan fingerprint density at radius 2 is 1.86 bits per heavy atom. The van der Waals surface area contributed by atoms with Crippen molar-refractivity contribution in [1.29, 1.82) is 5.26 Å². The van der Waals surface area contributed by atoms with Gasteiger partial charge in [0.15, 0.2) is 0 Å². The van der Waals surface area contributed by atoms with E-state index in [0.717, 1.165) is 27.8 Å². The van der Waals surface area contributed by atoms with E-state index in [-0.39, 0.29) is 6.04 Å². The van der Waals surface area contributed by atoms with E-state index in [1.54, 1.807) is 0 Å². The second kappa shape index (κ2) is 5.64. The largest absolute Gasteiger partial charge is 0.366 e. The van der Waals surface area contributed by atoms with E-state index in [0.29, 0.717) is 0 Å². The molecule has 0 spiro atoms. The van der Waals surface area contributed by atoms with E-state index in [1.165, 1.54) is 0 Å². The maximum absolute atomic E-state index is 9.43. The standard InChI is InChI=1S/C18H15N3/c1-13-7-8-14-11-15(9-10-17(14)20-13)18(12-19)21-16-5-3-2-4-6-16/h2-11,18,21H,1H3. The summed E-state index contributed by atoms with van der Waals surface area (Å²) >= 11 is 0. The second-order valence-electron chi connectivity index (χ2n) is 4.98. The quantitative estimate of drug-likeness (QED) is 0.777. The summed E-state index contributed by atoms with van der Waals surface area (Å²) in [5.41, 5.74) is 3.83. The molecule has 1 atom stereocenters. The topological polar surface area (TPSA) is 48.7 Å². The molecule has 1 N–H and O–H groups in total. The number of benzene rings is 2. The van der Waals surface area contributed by atoms with Crippen molar-refractivity contribution >= 4 is 16.6 Å². The first-order chi connectivity index (χ1) is 10.3. The molecule has 0 fully saturated rings. The van der Waals surface area contributed by atoms with Crippen LogP contribution in [0.4, 0.5) is 5.69 Å². The molecular weight excluding hydrogens is 258 g/mol. The summed E-state index contributed by atoms with van der Waals surface area (Å²) in [6.45, 7) is 1.97. The molecule has 0 radical (unpaired) electrons. The van der Waals surface area contributed by atoms with E-state index in [9.17, 15) is 5.26 Å². The van der Waals surface area contributed by atoms with E-state index >= 15 is 0 Å². The van der Waals surface area contributed by atoms with Gasteiger partial charge < -0.3 is 5.32 Å². The Morgan fingerprint density at radius 1 is 1.05 bits per heavy atom. The Labute approximate surface area is 123 Å². The van der Waals surface area contributed by atoms with Gasteiger partial charge in [-0.15, -0.1) is 0 Å². The zero-order valence-corrected chi connectivity index (χ0v) is 11.7. The highest BCUT2D eigenvalue weighted by Gasteiger charge is 2.11. The molecule has 21 heavy (non-hydrogen) atoms. The van der Waals surface area contributed by atoms with Gasteiger partial charge in [-0.3, -0.25) is 4.98 Å². The van der Waals surface area contributed by atoms with Crippen molar-refractivity contribution in [1.82, 2.24) is 4.98 Å². The summed E-state index contributed by atoms with van der Waals surface area (Å²) in [7, 11) is 0. The first kappa shape index (κ1) is 13.1. The molecule has 0 aliphatic rings. The SMILES string of the molecule is Cc1ccc2cc(C(C#N)Nc3ccccc3)ccc2n1. The van der Waals surface area contributed by atoms with Crippen LogP contribution in [-0.4, -0.2) is 4.98 Å². The van der Waals surface area contributed by atoms with Crippen molar-refractivity contribution < 1.29 is 0 Å². The fraction of sp³-hybridized carbons (Fsp3) is 0.111. The van der Waals surface area contributed by atoms with Crippen molar-refractivity contribution in [3.8, 4) is 6.07 Å². The van der Waals surface area contributed by atoms with Gasteiger partial charge in [-0.1, -0.05) is 30.3 Å². The van der Waals surface area contributed by atoms with E-state index in [4.69, 9.17) is 0 Å². The molecule has 1 unspecified atom stereocenters. The normalized spacial score (nSPS) is 11.8. The Bertz CT molecular complexity index is 804. The lowest BCUT2D eigenvalue weighted by atomic mass is 10.0. The molecule has 0 aliphatic carbocycles. The number of aromatic nitrogens is 1. The van der Waals surface area contributed by atoms with Crippen LogP contribution in [0, 0.1) is 18.3 Å². The smallest absolute Gasteiger partial charge is 0.140 e. The average molecular weight is 273 g/mol. The molecular formula is C18H15N3. The predicted octanol–water partition coefficient (Wildman–Crippen LogP) is 4.22. The predicted molar refractivity (Wildman–Crippen MR) is 84.9 cm³/mol. The van der Waals surface area contributed by atoms with E-state index < -0.39 is 0 Å². The van der Waals surface area contributed by atoms with Gasteiger partial charge in [0, 0.05) is 16.8 Å². The zero-order chi connectivity index (χ0) is 14.7. The third-order valence-corrected chi connectivity index (χ3v) is 3.40. The molecule has 3 heteroatoms. The Kier molecular flexibility index (Phi) is 3.53. The van der Waals surface area contributed by atoms with Crippen LogP contribution >= 0.6 is 0 Å². The number of hydrogen-bond acceptors (Lipinski definition) is 3. The molecule has 0 saturated carbocycles. The van der Waals surface area contributed by atoms with Gasteiger partial charge in [0.05, 0.1) is 11.6 Å². The van der Waals surface area contributed by atoms with Crippen LogP contribution in [-0.2, 0) is 0 Å². The number of anilines is 1. The lowest BCUT2D eigenvalue weighted by Gasteiger charge is -2.14. The highest BCUT2D eigenvalue weighted by atomic mass is 14.9. The molecule has 0 amide bonds. The summed E-state index contributed by atoms with van der Waals surface area (Å²) in [6, 6.07) is 21.7. The Balaban J connectivity index is 1.94. The van der Waals surface area contributed by atoms with Gasteiger partial charge in [0.2, 0.25) is 0 Å². The maximum atomic E-state index is 9.43. The zero-order valence-electron chi connectivity index (χ0n) is 11.7. The van der Waals surface area contributed by atoms with Crippen LogP contribution in [0.3, 0.4) is 0 Å². The first-order valence-electron chi connectivity index (χ1n) is 6.85. The number of nitriles is 1. The number of nitrogens with zero attached hydrogens (tertiary/aromatic N) is 2. The number of rotatable bonds is 3. The highest BCUT2D eigenvalue weighted by molar-refractivity contribution is 5.79. The van der Waals surface area contributed by atoms with Gasteiger partial charge in [-0.05, 0) is 42.8 Å². The summed E-state index contributed by atoms with van der Waals surface area (Å²) < 4.78 is 0. The molecule has 1 aromatic heterocycles. The van der Waals surface area contributed by atoms with E-state index in [1.807, 2.05) is 67.6 Å². The van der Waals surface area contributed by atoms with Crippen LogP contribution in [0.15, 0.2) is 60.7 Å². The molecule has 102 valence electrons.